The number of benzene rings is 1. The number of rotatable bonds is 3. The number of aromatic nitrogens is 3. The van der Waals surface area contributed by atoms with Gasteiger partial charge in [0.1, 0.15) is 12.2 Å². The molecule has 3 heterocycles. The third kappa shape index (κ3) is 3.59. The van der Waals surface area contributed by atoms with Crippen molar-refractivity contribution in [2.24, 2.45) is 0 Å². The first-order valence-electron chi connectivity index (χ1n) is 9.01. The molecule has 7 heteroatoms. The Balaban J connectivity index is 1.44. The largest absolute Gasteiger partial charge is 0.327 e. The van der Waals surface area contributed by atoms with Gasteiger partial charge in [0.05, 0.1) is 5.56 Å². The Bertz CT molecular complexity index is 988. The molecule has 0 saturated carbocycles. The zero-order chi connectivity index (χ0) is 19.5. The number of nitrogens with zero attached hydrogens (tertiary/aromatic N) is 5. The average molecular weight is 373 g/mol. The Morgan fingerprint density at radius 1 is 0.964 bits per heavy atom. The van der Waals surface area contributed by atoms with Gasteiger partial charge in [0.25, 0.3) is 5.91 Å². The van der Waals surface area contributed by atoms with Crippen LogP contribution in [0.3, 0.4) is 0 Å². The van der Waals surface area contributed by atoms with E-state index in [2.05, 4.69) is 15.0 Å². The first-order valence-corrected chi connectivity index (χ1v) is 9.01. The lowest BCUT2D eigenvalue weighted by atomic mass is 10.2. The minimum Gasteiger partial charge on any atom is -0.327 e. The fourth-order valence-corrected chi connectivity index (χ4v) is 3.09. The van der Waals surface area contributed by atoms with Gasteiger partial charge < -0.3 is 9.80 Å². The van der Waals surface area contributed by atoms with E-state index in [1.807, 2.05) is 43.3 Å². The highest BCUT2D eigenvalue weighted by atomic mass is 16.2. The van der Waals surface area contributed by atoms with Crippen LogP contribution in [0.15, 0.2) is 61.1 Å². The van der Waals surface area contributed by atoms with Crippen LogP contribution in [0.1, 0.15) is 15.9 Å². The molecule has 140 valence electrons. The van der Waals surface area contributed by atoms with E-state index < -0.39 is 0 Å². The molecule has 2 aromatic heterocycles. The fraction of sp³-hybridized carbons (Fsp3) is 0.190. The zero-order valence-electron chi connectivity index (χ0n) is 15.4. The van der Waals surface area contributed by atoms with Crippen molar-refractivity contribution >= 4 is 17.5 Å². The van der Waals surface area contributed by atoms with E-state index in [4.69, 9.17) is 0 Å². The molecule has 2 amide bonds. The second-order valence-electron chi connectivity index (χ2n) is 6.62. The minimum absolute atomic E-state index is 0.0364. The standard InChI is InChI=1S/C21H19N5O2/c1-15-5-7-17(8-6-15)26-11-10-25(14-19(26)27)21(28)16-12-23-20(24-13-16)18-4-2-3-9-22-18/h2-9,12-13H,10-11,14H2,1H3. The normalized spacial score (nSPS) is 14.2. The molecule has 0 aliphatic carbocycles. The first kappa shape index (κ1) is 17.8. The van der Waals surface area contributed by atoms with Crippen LogP contribution in [0, 0.1) is 6.92 Å². The van der Waals surface area contributed by atoms with Gasteiger partial charge >= 0.3 is 0 Å². The number of piperazine rings is 1. The van der Waals surface area contributed by atoms with E-state index >= 15 is 0 Å². The van der Waals surface area contributed by atoms with Crippen LogP contribution in [0.25, 0.3) is 11.5 Å². The van der Waals surface area contributed by atoms with Crippen LogP contribution < -0.4 is 4.90 Å². The lowest BCUT2D eigenvalue weighted by molar-refractivity contribution is -0.120. The summed E-state index contributed by atoms with van der Waals surface area (Å²) in [4.78, 5) is 41.2. The summed E-state index contributed by atoms with van der Waals surface area (Å²) in [6.07, 6.45) is 4.63. The quantitative estimate of drug-likeness (QED) is 0.704. The predicted octanol–water partition coefficient (Wildman–Crippen LogP) is 2.34. The molecule has 0 atom stereocenters. The van der Waals surface area contributed by atoms with Gasteiger partial charge in [-0.05, 0) is 31.2 Å². The molecule has 7 nitrogen and oxygen atoms in total. The predicted molar refractivity (Wildman–Crippen MR) is 105 cm³/mol. The number of amides is 2. The van der Waals surface area contributed by atoms with Gasteiger partial charge in [0.2, 0.25) is 5.91 Å². The highest BCUT2D eigenvalue weighted by Crippen LogP contribution is 2.19. The zero-order valence-corrected chi connectivity index (χ0v) is 15.4. The average Bonchev–Trinajstić information content (AvgIpc) is 2.75. The summed E-state index contributed by atoms with van der Waals surface area (Å²) in [6, 6.07) is 13.3. The van der Waals surface area contributed by atoms with Gasteiger partial charge in [-0.1, -0.05) is 23.8 Å². The van der Waals surface area contributed by atoms with Crippen LogP contribution >= 0.6 is 0 Å². The molecular formula is C21H19N5O2. The van der Waals surface area contributed by atoms with Gasteiger partial charge in [0.15, 0.2) is 5.82 Å². The number of pyridine rings is 1. The van der Waals surface area contributed by atoms with Gasteiger partial charge in [-0.15, -0.1) is 0 Å². The molecule has 28 heavy (non-hydrogen) atoms. The monoisotopic (exact) mass is 373 g/mol. The van der Waals surface area contributed by atoms with Crippen molar-refractivity contribution in [2.75, 3.05) is 24.5 Å². The van der Waals surface area contributed by atoms with Gasteiger partial charge in [-0.3, -0.25) is 14.6 Å². The molecule has 0 N–H and O–H groups in total. The maximum Gasteiger partial charge on any atom is 0.257 e. The molecule has 0 spiro atoms. The van der Waals surface area contributed by atoms with Crippen molar-refractivity contribution in [3.63, 3.8) is 0 Å². The minimum atomic E-state index is -0.246. The van der Waals surface area contributed by atoms with Crippen molar-refractivity contribution in [1.82, 2.24) is 19.9 Å². The first-order chi connectivity index (χ1) is 13.6. The highest BCUT2D eigenvalue weighted by molar-refractivity contribution is 6.01. The second-order valence-corrected chi connectivity index (χ2v) is 6.62. The molecule has 1 saturated heterocycles. The van der Waals surface area contributed by atoms with Crippen LogP contribution in [-0.2, 0) is 4.79 Å². The van der Waals surface area contributed by atoms with Crippen LogP contribution in [0.2, 0.25) is 0 Å². The van der Waals surface area contributed by atoms with E-state index in [-0.39, 0.29) is 18.4 Å². The third-order valence-corrected chi connectivity index (χ3v) is 4.65. The van der Waals surface area contributed by atoms with E-state index in [1.165, 1.54) is 17.3 Å². The third-order valence-electron chi connectivity index (χ3n) is 4.65. The molecule has 4 rings (SSSR count). The van der Waals surface area contributed by atoms with Gasteiger partial charge in [0, 0.05) is 37.4 Å². The van der Waals surface area contributed by atoms with Crippen LogP contribution in [0.5, 0.6) is 0 Å². The number of anilines is 1. The van der Waals surface area contributed by atoms with Crippen LogP contribution in [0.4, 0.5) is 5.69 Å². The molecule has 3 aromatic rings. The van der Waals surface area contributed by atoms with Crippen molar-refractivity contribution in [3.05, 3.63) is 72.2 Å². The van der Waals surface area contributed by atoms with Gasteiger partial charge in [-0.25, -0.2) is 9.97 Å². The summed E-state index contributed by atoms with van der Waals surface area (Å²) >= 11 is 0. The maximum absolute atomic E-state index is 12.7. The maximum atomic E-state index is 12.7. The Hall–Kier alpha value is -3.61. The Kier molecular flexibility index (Phi) is 4.80. The molecule has 1 fully saturated rings. The Morgan fingerprint density at radius 3 is 2.36 bits per heavy atom. The molecule has 0 unspecified atom stereocenters. The number of carbonyl (C=O) groups excluding carboxylic acids is 2. The summed E-state index contributed by atoms with van der Waals surface area (Å²) in [7, 11) is 0. The topological polar surface area (TPSA) is 79.3 Å². The van der Waals surface area contributed by atoms with E-state index in [0.717, 1.165) is 11.3 Å². The second kappa shape index (κ2) is 7.56. The van der Waals surface area contributed by atoms with E-state index in [1.54, 1.807) is 17.2 Å². The van der Waals surface area contributed by atoms with Crippen molar-refractivity contribution in [3.8, 4) is 11.5 Å². The lowest BCUT2D eigenvalue weighted by Crippen LogP contribution is -2.52. The Morgan fingerprint density at radius 2 is 1.71 bits per heavy atom. The SMILES string of the molecule is Cc1ccc(N2CCN(C(=O)c3cnc(-c4ccccn4)nc3)CC2=O)cc1. The lowest BCUT2D eigenvalue weighted by Gasteiger charge is -2.34. The highest BCUT2D eigenvalue weighted by Gasteiger charge is 2.28. The summed E-state index contributed by atoms with van der Waals surface area (Å²) in [5, 5.41) is 0. The number of hydrogen-bond donors (Lipinski definition) is 0. The van der Waals surface area contributed by atoms with Crippen LogP contribution in [-0.4, -0.2) is 51.3 Å². The summed E-state index contributed by atoms with van der Waals surface area (Å²) in [5.41, 5.74) is 2.99. The number of aryl methyl sites for hydroxylation is 1. The molecular weight excluding hydrogens is 354 g/mol. The van der Waals surface area contributed by atoms with Crippen molar-refractivity contribution in [2.45, 2.75) is 6.92 Å². The molecule has 1 aromatic carbocycles. The van der Waals surface area contributed by atoms with Crippen molar-refractivity contribution < 1.29 is 9.59 Å². The summed E-state index contributed by atoms with van der Waals surface area (Å²) in [6.45, 7) is 2.96. The summed E-state index contributed by atoms with van der Waals surface area (Å²) in [5.74, 6) is 0.108. The molecule has 1 aliphatic heterocycles. The number of hydrogen-bond acceptors (Lipinski definition) is 5. The van der Waals surface area contributed by atoms with Gasteiger partial charge in [-0.2, -0.15) is 0 Å². The van der Waals surface area contributed by atoms with E-state index in [0.29, 0.717) is 30.2 Å². The Labute approximate surface area is 162 Å². The molecule has 0 bridgehead atoms. The summed E-state index contributed by atoms with van der Waals surface area (Å²) < 4.78 is 0. The fourth-order valence-electron chi connectivity index (χ4n) is 3.09. The number of carbonyl (C=O) groups is 2. The van der Waals surface area contributed by atoms with Crippen molar-refractivity contribution in [1.29, 1.82) is 0 Å². The molecule has 1 aliphatic rings. The smallest absolute Gasteiger partial charge is 0.257 e. The van der Waals surface area contributed by atoms with E-state index in [9.17, 15) is 9.59 Å². The molecule has 0 radical (unpaired) electrons.